The van der Waals surface area contributed by atoms with E-state index in [9.17, 15) is 4.79 Å². The van der Waals surface area contributed by atoms with Crippen LogP contribution in [0.3, 0.4) is 0 Å². The molecule has 27 heavy (non-hydrogen) atoms. The highest BCUT2D eigenvalue weighted by atomic mass is 32.2. The van der Waals surface area contributed by atoms with E-state index in [4.69, 9.17) is 4.74 Å². The van der Waals surface area contributed by atoms with Crippen LogP contribution in [0.15, 0.2) is 58.3 Å². The van der Waals surface area contributed by atoms with E-state index >= 15 is 0 Å². The van der Waals surface area contributed by atoms with Gasteiger partial charge in [0, 0.05) is 11.1 Å². The second-order valence-corrected chi connectivity index (χ2v) is 10.5. The summed E-state index contributed by atoms with van der Waals surface area (Å²) in [5.74, 6) is -0.0655. The molecule has 1 aliphatic carbocycles. The van der Waals surface area contributed by atoms with Gasteiger partial charge < -0.3 is 4.74 Å². The number of rotatable bonds is 5. The summed E-state index contributed by atoms with van der Waals surface area (Å²) in [6.07, 6.45) is 5.69. The molecule has 1 saturated carbocycles. The average Bonchev–Trinajstić information content (AvgIpc) is 2.66. The van der Waals surface area contributed by atoms with E-state index in [-0.39, 0.29) is 12.1 Å². The van der Waals surface area contributed by atoms with E-state index < -0.39 is 15.6 Å². The molecule has 0 aromatic heterocycles. The van der Waals surface area contributed by atoms with Gasteiger partial charge in [-0.25, -0.2) is 4.79 Å². The summed E-state index contributed by atoms with van der Waals surface area (Å²) >= 11 is 0. The quantitative estimate of drug-likeness (QED) is 0.468. The average molecular weight is 384 g/mol. The van der Waals surface area contributed by atoms with E-state index in [1.165, 1.54) is 40.2 Å². The van der Waals surface area contributed by atoms with Crippen molar-refractivity contribution in [3.63, 3.8) is 0 Å². The maximum Gasteiger partial charge on any atom is 0.363 e. The van der Waals surface area contributed by atoms with E-state index in [0.29, 0.717) is 0 Å². The molecule has 0 spiro atoms. The zero-order valence-corrected chi connectivity index (χ0v) is 17.8. The van der Waals surface area contributed by atoms with Gasteiger partial charge in [0.2, 0.25) is 4.75 Å². The lowest BCUT2D eigenvalue weighted by Crippen LogP contribution is -2.44. The molecule has 0 amide bonds. The van der Waals surface area contributed by atoms with Crippen molar-refractivity contribution in [3.8, 4) is 0 Å². The van der Waals surface area contributed by atoms with Crippen molar-refractivity contribution in [3.05, 3.63) is 59.7 Å². The summed E-state index contributed by atoms with van der Waals surface area (Å²) in [6.45, 7) is 8.38. The molecule has 1 fully saturated rings. The molecule has 2 aromatic rings. The van der Waals surface area contributed by atoms with Crippen LogP contribution in [0, 0.1) is 13.8 Å². The lowest BCUT2D eigenvalue weighted by Gasteiger charge is -2.29. The van der Waals surface area contributed by atoms with Crippen molar-refractivity contribution in [1.29, 1.82) is 0 Å². The highest BCUT2D eigenvalue weighted by Crippen LogP contribution is 2.39. The number of carbonyl (C=O) groups is 1. The van der Waals surface area contributed by atoms with Crippen molar-refractivity contribution in [2.75, 3.05) is 0 Å². The SMILES string of the molecule is Cc1ccccc1[S+](c1ccccc1C)C(C)(C)C(=O)OC1CCCCC1. The Morgan fingerprint density at radius 2 is 1.37 bits per heavy atom. The van der Waals surface area contributed by atoms with Crippen LogP contribution < -0.4 is 0 Å². The second-order valence-electron chi connectivity index (χ2n) is 8.01. The van der Waals surface area contributed by atoms with Gasteiger partial charge in [-0.2, -0.15) is 0 Å². The van der Waals surface area contributed by atoms with Gasteiger partial charge in [0.05, 0.1) is 10.9 Å². The Labute approximate surface area is 166 Å². The smallest absolute Gasteiger partial charge is 0.363 e. The highest BCUT2D eigenvalue weighted by molar-refractivity contribution is 7.99. The Bertz CT molecular complexity index is 745. The van der Waals surface area contributed by atoms with Crippen LogP contribution in [-0.2, 0) is 20.4 Å². The molecule has 3 heteroatoms. The molecule has 2 aromatic carbocycles. The Hall–Kier alpha value is -1.74. The summed E-state index contributed by atoms with van der Waals surface area (Å²) in [5, 5.41) is 0. The number of hydrogen-bond donors (Lipinski definition) is 0. The largest absolute Gasteiger partial charge is 0.458 e. The third kappa shape index (κ3) is 4.40. The zero-order valence-electron chi connectivity index (χ0n) is 17.0. The predicted octanol–water partition coefficient (Wildman–Crippen LogP) is 5.99. The molecule has 0 aliphatic heterocycles. The molecular formula is C24H31O2S+. The maximum absolute atomic E-state index is 13.3. The first-order valence-corrected chi connectivity index (χ1v) is 11.2. The minimum absolute atomic E-state index is 0.0655. The summed E-state index contributed by atoms with van der Waals surface area (Å²) in [6, 6.07) is 16.9. The zero-order chi connectivity index (χ0) is 19.4. The third-order valence-corrected chi connectivity index (χ3v) is 8.44. The number of ether oxygens (including phenoxy) is 1. The monoisotopic (exact) mass is 383 g/mol. The highest BCUT2D eigenvalue weighted by Gasteiger charge is 2.52. The molecule has 0 unspecified atom stereocenters. The van der Waals surface area contributed by atoms with Crippen LogP contribution in [0.1, 0.15) is 57.1 Å². The molecule has 3 rings (SSSR count). The van der Waals surface area contributed by atoms with Gasteiger partial charge in [-0.3, -0.25) is 0 Å². The first kappa shape index (κ1) is 20.0. The van der Waals surface area contributed by atoms with E-state index in [0.717, 1.165) is 12.8 Å². The van der Waals surface area contributed by atoms with Crippen molar-refractivity contribution in [2.45, 2.75) is 80.4 Å². The van der Waals surface area contributed by atoms with Gasteiger partial charge in [0.25, 0.3) is 0 Å². The van der Waals surface area contributed by atoms with E-state index in [2.05, 4.69) is 76.2 Å². The Morgan fingerprint density at radius 1 is 0.889 bits per heavy atom. The Morgan fingerprint density at radius 3 is 1.85 bits per heavy atom. The molecule has 0 saturated heterocycles. The second kappa shape index (κ2) is 8.52. The summed E-state index contributed by atoms with van der Waals surface area (Å²) in [7, 11) is -0.394. The molecule has 0 bridgehead atoms. The van der Waals surface area contributed by atoms with Crippen LogP contribution in [-0.4, -0.2) is 16.8 Å². The van der Waals surface area contributed by atoms with E-state index in [1.54, 1.807) is 0 Å². The van der Waals surface area contributed by atoms with Gasteiger partial charge in [-0.1, -0.05) is 42.8 Å². The Kier molecular flexibility index (Phi) is 6.31. The maximum atomic E-state index is 13.3. The molecule has 0 N–H and O–H groups in total. The van der Waals surface area contributed by atoms with Crippen LogP contribution in [0.25, 0.3) is 0 Å². The van der Waals surface area contributed by atoms with Crippen molar-refractivity contribution >= 4 is 16.9 Å². The predicted molar refractivity (Wildman–Crippen MR) is 113 cm³/mol. The fourth-order valence-electron chi connectivity index (χ4n) is 3.80. The minimum atomic E-state index is -0.615. The van der Waals surface area contributed by atoms with Crippen molar-refractivity contribution in [1.82, 2.24) is 0 Å². The molecule has 144 valence electrons. The molecule has 0 atom stereocenters. The third-order valence-electron chi connectivity index (χ3n) is 5.45. The molecule has 0 heterocycles. The minimum Gasteiger partial charge on any atom is -0.458 e. The van der Waals surface area contributed by atoms with Crippen LogP contribution in [0.2, 0.25) is 0 Å². The number of carbonyl (C=O) groups excluding carboxylic acids is 1. The number of esters is 1. The molecular weight excluding hydrogens is 352 g/mol. The standard InChI is InChI=1S/C24H31O2S/c1-18-12-8-10-16-21(18)27(22-17-11-9-13-19(22)2)24(3,4)23(25)26-20-14-6-5-7-15-20/h8-13,16-17,20H,5-7,14-15H2,1-4H3/q+1. The normalized spacial score (nSPS) is 15.7. The van der Waals surface area contributed by atoms with Crippen LogP contribution in [0.5, 0.6) is 0 Å². The summed E-state index contributed by atoms with van der Waals surface area (Å²) < 4.78 is 5.41. The number of benzene rings is 2. The van der Waals surface area contributed by atoms with Crippen LogP contribution >= 0.6 is 0 Å². The van der Waals surface area contributed by atoms with Gasteiger partial charge >= 0.3 is 5.97 Å². The number of aryl methyl sites for hydroxylation is 2. The summed E-state index contributed by atoms with van der Waals surface area (Å²) in [5.41, 5.74) is 2.45. The van der Waals surface area contributed by atoms with Gasteiger partial charge in [-0.15, -0.1) is 0 Å². The molecule has 0 radical (unpaired) electrons. The lowest BCUT2D eigenvalue weighted by atomic mass is 9.98. The lowest BCUT2D eigenvalue weighted by molar-refractivity contribution is -0.152. The van der Waals surface area contributed by atoms with E-state index in [1.807, 2.05) is 0 Å². The summed E-state index contributed by atoms with van der Waals surface area (Å²) in [4.78, 5) is 15.8. The fourth-order valence-corrected chi connectivity index (χ4v) is 6.56. The van der Waals surface area contributed by atoms with Gasteiger partial charge in [0.15, 0.2) is 9.79 Å². The van der Waals surface area contributed by atoms with Gasteiger partial charge in [0.1, 0.15) is 6.10 Å². The van der Waals surface area contributed by atoms with Crippen molar-refractivity contribution in [2.24, 2.45) is 0 Å². The Balaban J connectivity index is 1.99. The van der Waals surface area contributed by atoms with Crippen LogP contribution in [0.4, 0.5) is 0 Å². The van der Waals surface area contributed by atoms with Crippen molar-refractivity contribution < 1.29 is 9.53 Å². The topological polar surface area (TPSA) is 26.3 Å². The molecule has 1 aliphatic rings. The number of hydrogen-bond acceptors (Lipinski definition) is 2. The first-order chi connectivity index (χ1) is 12.9. The van der Waals surface area contributed by atoms with Gasteiger partial charge in [-0.05, 0) is 65.5 Å². The first-order valence-electron chi connectivity index (χ1n) is 9.98. The molecule has 2 nitrogen and oxygen atoms in total. The fraction of sp³-hybridized carbons (Fsp3) is 0.458.